The number of hydrogen-bond acceptors (Lipinski definition) is 6. The number of aromatic nitrogens is 3. The van der Waals surface area contributed by atoms with Crippen LogP contribution in [0.3, 0.4) is 0 Å². The highest BCUT2D eigenvalue weighted by atomic mass is 32.1. The van der Waals surface area contributed by atoms with Crippen molar-refractivity contribution < 1.29 is 4.74 Å². The van der Waals surface area contributed by atoms with Crippen LogP contribution in [0, 0.1) is 6.92 Å². The second kappa shape index (κ2) is 7.19. The Bertz CT molecular complexity index is 828. The number of piperidine rings is 1. The van der Waals surface area contributed by atoms with Gasteiger partial charge in [0.1, 0.15) is 6.10 Å². The number of aryl methyl sites for hydroxylation is 1. The van der Waals surface area contributed by atoms with Crippen LogP contribution in [0.15, 0.2) is 48.1 Å². The normalized spacial score (nSPS) is 15.3. The van der Waals surface area contributed by atoms with Crippen LogP contribution in [0.5, 0.6) is 5.88 Å². The summed E-state index contributed by atoms with van der Waals surface area (Å²) in [5.41, 5.74) is 3.10. The van der Waals surface area contributed by atoms with Gasteiger partial charge in [0.25, 0.3) is 0 Å². The molecule has 0 unspecified atom stereocenters. The molecule has 3 aromatic rings. The molecule has 0 spiro atoms. The SMILES string of the molecule is Cc1cncc(OC2CCN(c3nc(-c4ccccc4)cs3)CC2)n1. The quantitative estimate of drug-likeness (QED) is 0.711. The fourth-order valence-corrected chi connectivity index (χ4v) is 3.87. The summed E-state index contributed by atoms with van der Waals surface area (Å²) in [7, 11) is 0. The molecule has 0 amide bonds. The van der Waals surface area contributed by atoms with Gasteiger partial charge in [0, 0.05) is 43.1 Å². The Hall–Kier alpha value is -2.47. The molecule has 1 aromatic carbocycles. The molecule has 5 nitrogen and oxygen atoms in total. The van der Waals surface area contributed by atoms with E-state index in [1.165, 1.54) is 5.56 Å². The van der Waals surface area contributed by atoms with Gasteiger partial charge in [-0.25, -0.2) is 9.97 Å². The Morgan fingerprint density at radius 2 is 1.88 bits per heavy atom. The molecule has 4 rings (SSSR count). The van der Waals surface area contributed by atoms with E-state index in [4.69, 9.17) is 9.72 Å². The predicted octanol–water partition coefficient (Wildman–Crippen LogP) is 3.96. The molecule has 2 aromatic heterocycles. The van der Waals surface area contributed by atoms with Gasteiger partial charge in [0.15, 0.2) is 5.13 Å². The summed E-state index contributed by atoms with van der Waals surface area (Å²) >= 11 is 1.71. The number of rotatable bonds is 4. The lowest BCUT2D eigenvalue weighted by Gasteiger charge is -2.31. The van der Waals surface area contributed by atoms with Crippen molar-refractivity contribution in [2.75, 3.05) is 18.0 Å². The first-order valence-corrected chi connectivity index (χ1v) is 9.37. The van der Waals surface area contributed by atoms with Crippen LogP contribution in [-0.2, 0) is 0 Å². The summed E-state index contributed by atoms with van der Waals surface area (Å²) in [5.74, 6) is 0.624. The summed E-state index contributed by atoms with van der Waals surface area (Å²) in [6.07, 6.45) is 5.56. The first kappa shape index (κ1) is 16.0. The summed E-state index contributed by atoms with van der Waals surface area (Å²) in [5, 5.41) is 3.22. The molecule has 0 radical (unpaired) electrons. The highest BCUT2D eigenvalue weighted by molar-refractivity contribution is 7.14. The van der Waals surface area contributed by atoms with Crippen LogP contribution >= 0.6 is 11.3 Å². The van der Waals surface area contributed by atoms with Crippen molar-refractivity contribution in [2.24, 2.45) is 0 Å². The van der Waals surface area contributed by atoms with E-state index < -0.39 is 0 Å². The Kier molecular flexibility index (Phi) is 4.61. The van der Waals surface area contributed by atoms with Crippen LogP contribution < -0.4 is 9.64 Å². The molecule has 1 aliphatic heterocycles. The van der Waals surface area contributed by atoms with Gasteiger partial charge in [-0.15, -0.1) is 11.3 Å². The third kappa shape index (κ3) is 3.79. The summed E-state index contributed by atoms with van der Waals surface area (Å²) < 4.78 is 5.98. The Morgan fingerprint density at radius 1 is 1.08 bits per heavy atom. The minimum Gasteiger partial charge on any atom is -0.473 e. The van der Waals surface area contributed by atoms with Crippen molar-refractivity contribution in [3.8, 4) is 17.1 Å². The zero-order valence-corrected chi connectivity index (χ0v) is 14.9. The topological polar surface area (TPSA) is 51.1 Å². The number of thiazole rings is 1. The van der Waals surface area contributed by atoms with Gasteiger partial charge in [-0.05, 0) is 6.92 Å². The number of anilines is 1. The predicted molar refractivity (Wildman–Crippen MR) is 100 cm³/mol. The van der Waals surface area contributed by atoms with E-state index in [0.29, 0.717) is 5.88 Å². The molecule has 0 atom stereocenters. The van der Waals surface area contributed by atoms with Gasteiger partial charge in [-0.2, -0.15) is 0 Å². The number of benzene rings is 1. The summed E-state index contributed by atoms with van der Waals surface area (Å²) in [4.78, 5) is 15.7. The lowest BCUT2D eigenvalue weighted by Crippen LogP contribution is -2.38. The number of hydrogen-bond donors (Lipinski definition) is 0. The molecule has 6 heteroatoms. The molecule has 128 valence electrons. The molecule has 0 saturated carbocycles. The molecule has 1 aliphatic rings. The minimum absolute atomic E-state index is 0.195. The second-order valence-corrected chi connectivity index (χ2v) is 7.02. The van der Waals surface area contributed by atoms with E-state index in [0.717, 1.165) is 42.5 Å². The number of nitrogens with zero attached hydrogens (tertiary/aromatic N) is 4. The highest BCUT2D eigenvalue weighted by Gasteiger charge is 2.23. The monoisotopic (exact) mass is 352 g/mol. The fraction of sp³-hybridized carbons (Fsp3) is 0.316. The zero-order valence-electron chi connectivity index (χ0n) is 14.1. The number of ether oxygens (including phenoxy) is 1. The molecule has 0 aliphatic carbocycles. The third-order valence-corrected chi connectivity index (χ3v) is 5.20. The summed E-state index contributed by atoms with van der Waals surface area (Å²) in [6.45, 7) is 3.83. The van der Waals surface area contributed by atoms with Crippen LogP contribution in [-0.4, -0.2) is 34.1 Å². The Morgan fingerprint density at radius 3 is 2.64 bits per heavy atom. The van der Waals surface area contributed by atoms with Gasteiger partial charge in [0.2, 0.25) is 5.88 Å². The van der Waals surface area contributed by atoms with Gasteiger partial charge < -0.3 is 9.64 Å². The van der Waals surface area contributed by atoms with Crippen molar-refractivity contribution in [3.05, 3.63) is 53.8 Å². The largest absolute Gasteiger partial charge is 0.473 e. The second-order valence-electron chi connectivity index (χ2n) is 6.18. The van der Waals surface area contributed by atoms with Crippen LogP contribution in [0.1, 0.15) is 18.5 Å². The third-order valence-electron chi connectivity index (χ3n) is 4.29. The minimum atomic E-state index is 0.195. The maximum atomic E-state index is 5.98. The molecule has 0 bridgehead atoms. The first-order valence-electron chi connectivity index (χ1n) is 8.49. The van der Waals surface area contributed by atoms with E-state index in [-0.39, 0.29) is 6.10 Å². The smallest absolute Gasteiger partial charge is 0.232 e. The first-order chi connectivity index (χ1) is 12.3. The maximum Gasteiger partial charge on any atom is 0.232 e. The molecule has 1 saturated heterocycles. The van der Waals surface area contributed by atoms with Crippen molar-refractivity contribution >= 4 is 16.5 Å². The summed E-state index contributed by atoms with van der Waals surface area (Å²) in [6, 6.07) is 10.3. The van der Waals surface area contributed by atoms with Crippen molar-refractivity contribution in [3.63, 3.8) is 0 Å². The zero-order chi connectivity index (χ0) is 17.1. The maximum absolute atomic E-state index is 5.98. The standard InChI is InChI=1S/C19H20N4OS/c1-14-11-20-12-18(21-14)24-16-7-9-23(10-8-16)19-22-17(13-25-19)15-5-3-2-4-6-15/h2-6,11-13,16H,7-10H2,1H3. The van der Waals surface area contributed by atoms with E-state index in [9.17, 15) is 0 Å². The lowest BCUT2D eigenvalue weighted by molar-refractivity contribution is 0.163. The van der Waals surface area contributed by atoms with E-state index in [1.807, 2.05) is 25.1 Å². The van der Waals surface area contributed by atoms with E-state index in [2.05, 4.69) is 32.4 Å². The van der Waals surface area contributed by atoms with Crippen molar-refractivity contribution in [2.45, 2.75) is 25.9 Å². The molecular formula is C19H20N4OS. The van der Waals surface area contributed by atoms with E-state index in [1.54, 1.807) is 23.7 Å². The fourth-order valence-electron chi connectivity index (χ4n) is 2.98. The van der Waals surface area contributed by atoms with Crippen LogP contribution in [0.4, 0.5) is 5.13 Å². The molecule has 3 heterocycles. The Labute approximate surface area is 151 Å². The molecule has 25 heavy (non-hydrogen) atoms. The van der Waals surface area contributed by atoms with E-state index >= 15 is 0 Å². The highest BCUT2D eigenvalue weighted by Crippen LogP contribution is 2.29. The molecular weight excluding hydrogens is 332 g/mol. The van der Waals surface area contributed by atoms with Gasteiger partial charge in [-0.1, -0.05) is 30.3 Å². The average Bonchev–Trinajstić information content (AvgIpc) is 3.13. The van der Waals surface area contributed by atoms with Crippen LogP contribution in [0.25, 0.3) is 11.3 Å². The van der Waals surface area contributed by atoms with Gasteiger partial charge in [0.05, 0.1) is 17.6 Å². The lowest BCUT2D eigenvalue weighted by atomic mass is 10.1. The van der Waals surface area contributed by atoms with Crippen molar-refractivity contribution in [1.29, 1.82) is 0 Å². The average molecular weight is 352 g/mol. The molecule has 1 fully saturated rings. The van der Waals surface area contributed by atoms with Gasteiger partial charge >= 0.3 is 0 Å². The van der Waals surface area contributed by atoms with Crippen LogP contribution in [0.2, 0.25) is 0 Å². The van der Waals surface area contributed by atoms with Gasteiger partial charge in [-0.3, -0.25) is 4.98 Å². The van der Waals surface area contributed by atoms with Crippen molar-refractivity contribution in [1.82, 2.24) is 15.0 Å². The Balaban J connectivity index is 1.37. The molecule has 0 N–H and O–H groups in total.